The van der Waals surface area contributed by atoms with Crippen molar-refractivity contribution < 1.29 is 24.2 Å². The molecule has 232 valence electrons. The Morgan fingerprint density at radius 2 is 1.84 bits per heavy atom. The van der Waals surface area contributed by atoms with Crippen molar-refractivity contribution in [1.29, 1.82) is 0 Å². The molecule has 3 aromatic carbocycles. The zero-order chi connectivity index (χ0) is 31.2. The van der Waals surface area contributed by atoms with Gasteiger partial charge in [-0.1, -0.05) is 83.6 Å². The molecule has 0 radical (unpaired) electrons. The fourth-order valence-corrected chi connectivity index (χ4v) is 12.4. The van der Waals surface area contributed by atoms with E-state index in [4.69, 9.17) is 9.47 Å². The molecule has 3 aliphatic heterocycles. The molecule has 3 aromatic rings. The van der Waals surface area contributed by atoms with Crippen LogP contribution in [0.15, 0.2) is 77.3 Å². The first kappa shape index (κ1) is 31.0. The van der Waals surface area contributed by atoms with E-state index in [0.29, 0.717) is 13.1 Å². The van der Waals surface area contributed by atoms with Gasteiger partial charge in [-0.15, -0.1) is 0 Å². The molecule has 6 rings (SSSR count). The first-order chi connectivity index (χ1) is 21.1. The molecule has 3 heterocycles. The third-order valence-corrected chi connectivity index (χ3v) is 15.1. The van der Waals surface area contributed by atoms with Crippen LogP contribution >= 0.6 is 15.9 Å². The highest BCUT2D eigenvalue weighted by Gasteiger charge is 2.66. The molecule has 0 unspecified atom stereocenters. The SMILES string of the molecule is COc1ccc([Si](C)(C)[C@H]2[C@H](CC(=O)N3CCC[C@H]3CO)O[C@@]3(C(=O)N(Cc4ccccc4)c4ccc(Br)cc43)[C@@H]2C)cc1. The average Bonchev–Trinajstić information content (AvgIpc) is 3.68. The second-order valence-electron chi connectivity index (χ2n) is 13.0. The molecule has 0 aliphatic carbocycles. The minimum Gasteiger partial charge on any atom is -0.497 e. The minimum atomic E-state index is -2.38. The summed E-state index contributed by atoms with van der Waals surface area (Å²) in [4.78, 5) is 32.4. The van der Waals surface area contributed by atoms with Crippen LogP contribution in [0.2, 0.25) is 18.6 Å². The van der Waals surface area contributed by atoms with Gasteiger partial charge in [-0.05, 0) is 54.3 Å². The number of carbonyl (C=O) groups excluding carboxylic acids is 2. The molecular formula is C35H41BrN2O5Si. The van der Waals surface area contributed by atoms with Crippen LogP contribution < -0.4 is 14.8 Å². The quantitative estimate of drug-likeness (QED) is 0.315. The maximum Gasteiger partial charge on any atom is 0.264 e. The monoisotopic (exact) mass is 676 g/mol. The fourth-order valence-electron chi connectivity index (χ4n) is 8.05. The van der Waals surface area contributed by atoms with E-state index >= 15 is 0 Å². The number of aliphatic hydroxyl groups excluding tert-OH is 1. The summed E-state index contributed by atoms with van der Waals surface area (Å²) in [6.45, 7) is 7.83. The van der Waals surface area contributed by atoms with Gasteiger partial charge in [0.1, 0.15) is 5.75 Å². The van der Waals surface area contributed by atoms with Crippen LogP contribution in [0.1, 0.15) is 37.3 Å². The highest BCUT2D eigenvalue weighted by molar-refractivity contribution is 9.10. The van der Waals surface area contributed by atoms with Gasteiger partial charge in [-0.3, -0.25) is 9.59 Å². The van der Waals surface area contributed by atoms with Gasteiger partial charge in [0.2, 0.25) is 5.91 Å². The minimum absolute atomic E-state index is 0.0126. The van der Waals surface area contributed by atoms with E-state index in [1.807, 2.05) is 70.5 Å². The van der Waals surface area contributed by atoms with Gasteiger partial charge in [-0.25, -0.2) is 0 Å². The van der Waals surface area contributed by atoms with Crippen LogP contribution in [0.5, 0.6) is 5.75 Å². The van der Waals surface area contributed by atoms with Gasteiger partial charge < -0.3 is 24.4 Å². The topological polar surface area (TPSA) is 79.3 Å². The fraction of sp³-hybridized carbons (Fsp3) is 0.429. The Hall–Kier alpha value is -2.98. The third kappa shape index (κ3) is 5.11. The second-order valence-corrected chi connectivity index (χ2v) is 18.6. The predicted molar refractivity (Wildman–Crippen MR) is 178 cm³/mol. The van der Waals surface area contributed by atoms with Crippen molar-refractivity contribution in [1.82, 2.24) is 4.90 Å². The van der Waals surface area contributed by atoms with Gasteiger partial charge in [0.15, 0.2) is 5.60 Å². The van der Waals surface area contributed by atoms with E-state index < -0.39 is 19.8 Å². The summed E-state index contributed by atoms with van der Waals surface area (Å²) in [5.41, 5.74) is 1.49. The maximum atomic E-state index is 14.8. The molecule has 0 saturated carbocycles. The number of hydrogen-bond acceptors (Lipinski definition) is 5. The van der Waals surface area contributed by atoms with Crippen LogP contribution in [-0.2, 0) is 26.5 Å². The number of rotatable bonds is 8. The molecule has 1 N–H and O–H groups in total. The molecule has 2 fully saturated rings. The van der Waals surface area contributed by atoms with Crippen molar-refractivity contribution in [3.8, 4) is 5.75 Å². The highest BCUT2D eigenvalue weighted by atomic mass is 79.9. The van der Waals surface area contributed by atoms with Crippen LogP contribution in [0.3, 0.4) is 0 Å². The van der Waals surface area contributed by atoms with Gasteiger partial charge in [0, 0.05) is 22.5 Å². The van der Waals surface area contributed by atoms with E-state index in [0.717, 1.165) is 39.9 Å². The Morgan fingerprint density at radius 1 is 1.11 bits per heavy atom. The molecule has 0 aromatic heterocycles. The van der Waals surface area contributed by atoms with Crippen molar-refractivity contribution in [3.63, 3.8) is 0 Å². The summed E-state index contributed by atoms with van der Waals surface area (Å²) in [6.07, 6.45) is 1.40. The van der Waals surface area contributed by atoms with Crippen LogP contribution in [0.25, 0.3) is 0 Å². The summed E-state index contributed by atoms with van der Waals surface area (Å²) in [7, 11) is -0.714. The van der Waals surface area contributed by atoms with Gasteiger partial charge in [0.05, 0.1) is 52.6 Å². The Labute approximate surface area is 269 Å². The first-order valence-electron chi connectivity index (χ1n) is 15.5. The van der Waals surface area contributed by atoms with Crippen molar-refractivity contribution in [3.05, 3.63) is 88.4 Å². The molecule has 2 amide bonds. The molecule has 44 heavy (non-hydrogen) atoms. The number of halogens is 1. The van der Waals surface area contributed by atoms with E-state index in [1.165, 1.54) is 5.19 Å². The number of benzene rings is 3. The lowest BCUT2D eigenvalue weighted by Crippen LogP contribution is -2.52. The summed E-state index contributed by atoms with van der Waals surface area (Å²) in [6, 6.07) is 24.1. The second kappa shape index (κ2) is 12.1. The Balaban J connectivity index is 1.44. The number of fused-ring (bicyclic) bond motifs is 2. The third-order valence-electron chi connectivity index (χ3n) is 10.3. The van der Waals surface area contributed by atoms with E-state index in [2.05, 4.69) is 48.1 Å². The van der Waals surface area contributed by atoms with Crippen molar-refractivity contribution in [2.24, 2.45) is 5.92 Å². The molecule has 1 spiro atoms. The lowest BCUT2D eigenvalue weighted by atomic mass is 9.82. The lowest BCUT2D eigenvalue weighted by molar-refractivity contribution is -0.150. The summed E-state index contributed by atoms with van der Waals surface area (Å²) >= 11 is 3.67. The van der Waals surface area contributed by atoms with Gasteiger partial charge in [0.25, 0.3) is 5.91 Å². The summed E-state index contributed by atoms with van der Waals surface area (Å²) in [5, 5.41) is 11.2. The zero-order valence-electron chi connectivity index (χ0n) is 25.8. The van der Waals surface area contributed by atoms with E-state index in [-0.39, 0.29) is 42.3 Å². The Morgan fingerprint density at radius 3 is 2.52 bits per heavy atom. The average molecular weight is 678 g/mol. The molecule has 9 heteroatoms. The molecular weight excluding hydrogens is 636 g/mol. The number of likely N-dealkylation sites (tertiary alicyclic amines) is 1. The summed E-state index contributed by atoms with van der Waals surface area (Å²) < 4.78 is 13.5. The number of amides is 2. The molecule has 5 atom stereocenters. The summed E-state index contributed by atoms with van der Waals surface area (Å²) in [5.74, 6) is 0.512. The normalized spacial score (nSPS) is 26.5. The number of carbonyl (C=O) groups is 2. The van der Waals surface area contributed by atoms with E-state index in [1.54, 1.807) is 7.11 Å². The van der Waals surface area contributed by atoms with Crippen molar-refractivity contribution in [2.45, 2.75) is 69.1 Å². The standard InChI is InChI=1S/C35H41BrN2O5Si/c1-23-33(44(3,4)28-15-13-27(42-2)14-16-28)31(20-32(40)37-18-8-11-26(37)22-39)43-35(23)29-19-25(36)12-17-30(29)38(34(35)41)21-24-9-6-5-7-10-24/h5-7,9-10,12-17,19,23,26,31,33,39H,8,11,18,20-22H2,1-4H3/t23-,26+,31+,33-,35+/m1/s1. The molecule has 2 saturated heterocycles. The number of ether oxygens (including phenoxy) is 2. The van der Waals surface area contributed by atoms with Crippen LogP contribution in [0, 0.1) is 5.92 Å². The number of nitrogens with zero attached hydrogens (tertiary/aromatic N) is 2. The maximum absolute atomic E-state index is 14.8. The highest BCUT2D eigenvalue weighted by Crippen LogP contribution is 2.60. The van der Waals surface area contributed by atoms with Crippen molar-refractivity contribution >= 4 is 46.7 Å². The van der Waals surface area contributed by atoms with E-state index in [9.17, 15) is 14.7 Å². The Kier molecular flexibility index (Phi) is 8.52. The first-order valence-corrected chi connectivity index (χ1v) is 19.4. The number of aliphatic hydroxyl groups is 1. The zero-order valence-corrected chi connectivity index (χ0v) is 28.4. The van der Waals surface area contributed by atoms with Gasteiger partial charge in [-0.2, -0.15) is 0 Å². The largest absolute Gasteiger partial charge is 0.497 e. The van der Waals surface area contributed by atoms with Crippen LogP contribution in [-0.4, -0.2) is 62.3 Å². The smallest absolute Gasteiger partial charge is 0.264 e. The van der Waals surface area contributed by atoms with Crippen LogP contribution in [0.4, 0.5) is 5.69 Å². The van der Waals surface area contributed by atoms with Crippen molar-refractivity contribution in [2.75, 3.05) is 25.2 Å². The van der Waals surface area contributed by atoms with Gasteiger partial charge >= 0.3 is 0 Å². The Bertz CT molecular complexity index is 1530. The molecule has 3 aliphatic rings. The number of hydrogen-bond donors (Lipinski definition) is 1. The molecule has 0 bridgehead atoms. The predicted octanol–water partition coefficient (Wildman–Crippen LogP) is 5.59. The number of methoxy groups -OCH3 is 1. The lowest BCUT2D eigenvalue weighted by Gasteiger charge is -2.37. The number of anilines is 1. The molecule has 7 nitrogen and oxygen atoms in total.